The first-order chi connectivity index (χ1) is 8.90. The van der Waals surface area contributed by atoms with Crippen molar-refractivity contribution in [3.05, 3.63) is 28.2 Å². The molecule has 19 heavy (non-hydrogen) atoms. The van der Waals surface area contributed by atoms with Gasteiger partial charge < -0.3 is 10.0 Å². The van der Waals surface area contributed by atoms with Crippen molar-refractivity contribution in [1.29, 1.82) is 0 Å². The minimum atomic E-state index is -0.415. The fourth-order valence-corrected chi connectivity index (χ4v) is 3.67. The minimum Gasteiger partial charge on any atom is -0.389 e. The van der Waals surface area contributed by atoms with Crippen LogP contribution in [0.25, 0.3) is 0 Å². The molecule has 0 aliphatic carbocycles. The van der Waals surface area contributed by atoms with E-state index >= 15 is 0 Å². The summed E-state index contributed by atoms with van der Waals surface area (Å²) >= 11 is 3.67. The van der Waals surface area contributed by atoms with Crippen molar-refractivity contribution in [2.45, 2.75) is 46.3 Å². The molecule has 1 aliphatic rings. The summed E-state index contributed by atoms with van der Waals surface area (Å²) in [6.45, 7) is 9.89. The molecule has 1 aromatic rings. The largest absolute Gasteiger partial charge is 0.389 e. The molecule has 0 bridgehead atoms. The lowest BCUT2D eigenvalue weighted by Gasteiger charge is -2.43. The Labute approximate surface area is 124 Å². The predicted octanol–water partition coefficient (Wildman–Crippen LogP) is 4.37. The van der Waals surface area contributed by atoms with Crippen molar-refractivity contribution in [3.8, 4) is 0 Å². The summed E-state index contributed by atoms with van der Waals surface area (Å²) in [5.74, 6) is 1.45. The topological polar surface area (TPSA) is 23.5 Å². The summed E-state index contributed by atoms with van der Waals surface area (Å²) in [7, 11) is 0. The number of hydrogen-bond acceptors (Lipinski definition) is 2. The Balaban J connectivity index is 2.30. The molecule has 106 valence electrons. The lowest BCUT2D eigenvalue weighted by molar-refractivity contribution is 0.199. The second kappa shape index (κ2) is 5.84. The van der Waals surface area contributed by atoms with E-state index in [1.54, 1.807) is 6.92 Å². The summed E-state index contributed by atoms with van der Waals surface area (Å²) in [5, 5.41) is 9.65. The van der Waals surface area contributed by atoms with E-state index in [0.29, 0.717) is 12.0 Å². The van der Waals surface area contributed by atoms with Crippen LogP contribution in [0.1, 0.15) is 45.8 Å². The Morgan fingerprint density at radius 3 is 2.58 bits per heavy atom. The van der Waals surface area contributed by atoms with Crippen molar-refractivity contribution < 1.29 is 5.11 Å². The average molecular weight is 326 g/mol. The van der Waals surface area contributed by atoms with Crippen LogP contribution in [0.3, 0.4) is 0 Å². The van der Waals surface area contributed by atoms with Gasteiger partial charge in [0.05, 0.1) is 11.8 Å². The maximum atomic E-state index is 9.65. The highest BCUT2D eigenvalue weighted by atomic mass is 79.9. The quantitative estimate of drug-likeness (QED) is 0.872. The molecular weight excluding hydrogens is 302 g/mol. The van der Waals surface area contributed by atoms with Gasteiger partial charge in [-0.25, -0.2) is 0 Å². The smallest absolute Gasteiger partial charge is 0.0762 e. The molecule has 0 saturated carbocycles. The van der Waals surface area contributed by atoms with Gasteiger partial charge in [0, 0.05) is 17.1 Å². The fraction of sp³-hybridized carbons (Fsp3) is 0.625. The minimum absolute atomic E-state index is 0.415. The highest BCUT2D eigenvalue weighted by Crippen LogP contribution is 2.36. The van der Waals surface area contributed by atoms with Crippen LogP contribution >= 0.6 is 15.9 Å². The highest BCUT2D eigenvalue weighted by Gasteiger charge is 2.29. The van der Waals surface area contributed by atoms with E-state index in [2.05, 4.69) is 47.7 Å². The van der Waals surface area contributed by atoms with Crippen molar-refractivity contribution in [2.75, 3.05) is 11.4 Å². The second-order valence-corrected chi connectivity index (χ2v) is 6.95. The van der Waals surface area contributed by atoms with E-state index in [4.69, 9.17) is 0 Å². The number of rotatable bonds is 2. The van der Waals surface area contributed by atoms with Crippen molar-refractivity contribution in [1.82, 2.24) is 0 Å². The van der Waals surface area contributed by atoms with Gasteiger partial charge in [0.15, 0.2) is 0 Å². The Morgan fingerprint density at radius 2 is 2.00 bits per heavy atom. The first kappa shape index (κ1) is 14.9. The molecule has 1 fully saturated rings. The molecule has 1 aromatic carbocycles. The Hall–Kier alpha value is -0.540. The summed E-state index contributed by atoms with van der Waals surface area (Å²) in [6.07, 6.45) is 0.892. The van der Waals surface area contributed by atoms with E-state index in [9.17, 15) is 5.11 Å². The molecule has 4 atom stereocenters. The number of aliphatic hydroxyl groups excluding tert-OH is 1. The van der Waals surface area contributed by atoms with Gasteiger partial charge in [-0.3, -0.25) is 0 Å². The fourth-order valence-electron chi connectivity index (χ4n) is 3.05. The van der Waals surface area contributed by atoms with Crippen molar-refractivity contribution in [3.63, 3.8) is 0 Å². The third-order valence-electron chi connectivity index (χ3n) is 4.36. The van der Waals surface area contributed by atoms with Crippen molar-refractivity contribution >= 4 is 21.6 Å². The molecule has 0 spiro atoms. The number of benzene rings is 1. The number of aliphatic hydroxyl groups is 1. The third-order valence-corrected chi connectivity index (χ3v) is 5.00. The first-order valence-corrected chi connectivity index (χ1v) is 7.93. The Bertz CT molecular complexity index is 446. The van der Waals surface area contributed by atoms with Crippen LogP contribution in [-0.4, -0.2) is 17.7 Å². The highest BCUT2D eigenvalue weighted by molar-refractivity contribution is 9.10. The molecule has 1 aliphatic heterocycles. The number of anilines is 1. The SMILES string of the molecule is CC1CC(C)C(C)N(c2ccc(C(C)O)cc2Br)C1. The molecule has 4 unspecified atom stereocenters. The van der Waals surface area contributed by atoms with Crippen LogP contribution in [0.5, 0.6) is 0 Å². The van der Waals surface area contributed by atoms with Crippen LogP contribution < -0.4 is 4.90 Å². The van der Waals surface area contributed by atoms with Gasteiger partial charge >= 0.3 is 0 Å². The summed E-state index contributed by atoms with van der Waals surface area (Å²) in [4.78, 5) is 2.49. The molecule has 1 heterocycles. The predicted molar refractivity (Wildman–Crippen MR) is 84.5 cm³/mol. The van der Waals surface area contributed by atoms with Gasteiger partial charge in [-0.15, -0.1) is 0 Å². The lowest BCUT2D eigenvalue weighted by atomic mass is 9.85. The van der Waals surface area contributed by atoms with Gasteiger partial charge in [0.25, 0.3) is 0 Å². The third kappa shape index (κ3) is 3.14. The van der Waals surface area contributed by atoms with E-state index < -0.39 is 6.10 Å². The van der Waals surface area contributed by atoms with E-state index in [0.717, 1.165) is 22.5 Å². The van der Waals surface area contributed by atoms with Crippen LogP contribution in [0.2, 0.25) is 0 Å². The molecule has 2 nitrogen and oxygen atoms in total. The van der Waals surface area contributed by atoms with Gasteiger partial charge in [-0.2, -0.15) is 0 Å². The molecule has 1 N–H and O–H groups in total. The molecule has 3 heteroatoms. The van der Waals surface area contributed by atoms with E-state index in [1.807, 2.05) is 12.1 Å². The molecule has 0 amide bonds. The van der Waals surface area contributed by atoms with Gasteiger partial charge in [-0.1, -0.05) is 19.9 Å². The molecular formula is C16H24BrNO. The van der Waals surface area contributed by atoms with Gasteiger partial charge in [0.2, 0.25) is 0 Å². The van der Waals surface area contributed by atoms with E-state index in [1.165, 1.54) is 12.1 Å². The standard InChI is InChI=1S/C16H24BrNO/c1-10-7-11(2)12(3)18(9-10)16-6-5-14(13(4)19)8-15(16)17/h5-6,8,10-13,19H,7,9H2,1-4H3. The van der Waals surface area contributed by atoms with Crippen LogP contribution in [0.15, 0.2) is 22.7 Å². The number of halogens is 1. The van der Waals surface area contributed by atoms with Gasteiger partial charge in [-0.05, 0) is 65.7 Å². The summed E-state index contributed by atoms with van der Waals surface area (Å²) < 4.78 is 1.08. The first-order valence-electron chi connectivity index (χ1n) is 7.14. The van der Waals surface area contributed by atoms with Crippen LogP contribution in [-0.2, 0) is 0 Å². The second-order valence-electron chi connectivity index (χ2n) is 6.10. The number of piperidine rings is 1. The van der Waals surface area contributed by atoms with Crippen LogP contribution in [0, 0.1) is 11.8 Å². The Kier molecular flexibility index (Phi) is 4.57. The molecule has 0 radical (unpaired) electrons. The normalized spacial score (nSPS) is 29.4. The van der Waals surface area contributed by atoms with Crippen molar-refractivity contribution in [2.24, 2.45) is 11.8 Å². The summed E-state index contributed by atoms with van der Waals surface area (Å²) in [5.41, 5.74) is 2.21. The zero-order valence-electron chi connectivity index (χ0n) is 12.2. The van der Waals surface area contributed by atoms with Gasteiger partial charge in [0.1, 0.15) is 0 Å². The molecule has 2 rings (SSSR count). The maximum absolute atomic E-state index is 9.65. The zero-order chi connectivity index (χ0) is 14.2. The molecule has 1 saturated heterocycles. The van der Waals surface area contributed by atoms with E-state index in [-0.39, 0.29) is 0 Å². The van der Waals surface area contributed by atoms with Crippen LogP contribution in [0.4, 0.5) is 5.69 Å². The number of hydrogen-bond donors (Lipinski definition) is 1. The number of nitrogens with zero attached hydrogens (tertiary/aromatic N) is 1. The molecule has 0 aromatic heterocycles. The monoisotopic (exact) mass is 325 g/mol. The summed E-state index contributed by atoms with van der Waals surface area (Å²) in [6, 6.07) is 6.76. The Morgan fingerprint density at radius 1 is 1.32 bits per heavy atom. The average Bonchev–Trinajstić information content (AvgIpc) is 2.33. The maximum Gasteiger partial charge on any atom is 0.0762 e. The zero-order valence-corrected chi connectivity index (χ0v) is 13.8. The lowest BCUT2D eigenvalue weighted by Crippen LogP contribution is -2.46.